The number of rotatable bonds is 1. The van der Waals surface area contributed by atoms with Crippen molar-refractivity contribution in [2.45, 2.75) is 5.41 Å². The van der Waals surface area contributed by atoms with Gasteiger partial charge in [-0.2, -0.15) is 5.26 Å². The molecule has 17 heavy (non-hydrogen) atoms. The molecule has 0 saturated carbocycles. The third-order valence-corrected chi connectivity index (χ3v) is 3.75. The summed E-state index contributed by atoms with van der Waals surface area (Å²) in [5, 5.41) is 9.43. The minimum atomic E-state index is -0.618. The quantitative estimate of drug-likeness (QED) is 0.768. The first-order valence-electron chi connectivity index (χ1n) is 5.27. The summed E-state index contributed by atoms with van der Waals surface area (Å²) in [5.74, 6) is 0. The maximum atomic E-state index is 9.43. The molecule has 4 heteroatoms. The standard InChI is InChI=1S/C13H9N3S/c14-7-13(4-1-5-15-8-13)10-2-3-11-12(6-10)17-9-16-11/h1-6,9H,8H2. The normalized spacial score (nSPS) is 22.8. The van der Waals surface area contributed by atoms with Crippen LogP contribution in [0.25, 0.3) is 10.2 Å². The lowest BCUT2D eigenvalue weighted by atomic mass is 9.80. The van der Waals surface area contributed by atoms with Crippen LogP contribution >= 0.6 is 11.3 Å². The third-order valence-electron chi connectivity index (χ3n) is 2.96. The van der Waals surface area contributed by atoms with E-state index >= 15 is 0 Å². The highest BCUT2D eigenvalue weighted by molar-refractivity contribution is 7.16. The van der Waals surface area contributed by atoms with Crippen molar-refractivity contribution in [3.05, 3.63) is 41.4 Å². The van der Waals surface area contributed by atoms with E-state index in [1.807, 2.05) is 35.9 Å². The van der Waals surface area contributed by atoms with Crippen LogP contribution in [0.2, 0.25) is 0 Å². The molecule has 0 N–H and O–H groups in total. The smallest absolute Gasteiger partial charge is 0.120 e. The number of fused-ring (bicyclic) bond motifs is 1. The van der Waals surface area contributed by atoms with E-state index in [0.29, 0.717) is 6.54 Å². The Morgan fingerprint density at radius 1 is 1.41 bits per heavy atom. The zero-order chi connectivity index (χ0) is 11.7. The number of thiazole rings is 1. The first-order chi connectivity index (χ1) is 8.34. The van der Waals surface area contributed by atoms with Crippen LogP contribution in [-0.4, -0.2) is 17.7 Å². The third kappa shape index (κ3) is 1.56. The lowest BCUT2D eigenvalue weighted by Gasteiger charge is -2.23. The van der Waals surface area contributed by atoms with Crippen LogP contribution in [0.4, 0.5) is 0 Å². The Kier molecular flexibility index (Phi) is 2.27. The molecule has 3 rings (SSSR count). The number of dihydropyridines is 1. The summed E-state index contributed by atoms with van der Waals surface area (Å²) in [6.45, 7) is 0.490. The van der Waals surface area contributed by atoms with E-state index in [1.165, 1.54) is 0 Å². The summed E-state index contributed by atoms with van der Waals surface area (Å²) < 4.78 is 1.11. The second-order valence-corrected chi connectivity index (χ2v) is 4.85. The summed E-state index contributed by atoms with van der Waals surface area (Å²) >= 11 is 1.59. The summed E-state index contributed by atoms with van der Waals surface area (Å²) in [5.41, 5.74) is 3.18. The molecule has 0 spiro atoms. The molecule has 2 aromatic rings. The van der Waals surface area contributed by atoms with Crippen molar-refractivity contribution in [2.24, 2.45) is 4.99 Å². The zero-order valence-corrected chi connectivity index (χ0v) is 9.81. The molecule has 1 atom stereocenters. The maximum Gasteiger partial charge on any atom is 0.120 e. The highest BCUT2D eigenvalue weighted by Crippen LogP contribution is 2.30. The number of nitriles is 1. The fourth-order valence-corrected chi connectivity index (χ4v) is 2.69. The second-order valence-electron chi connectivity index (χ2n) is 3.97. The highest BCUT2D eigenvalue weighted by atomic mass is 32.1. The molecule has 1 unspecified atom stereocenters. The van der Waals surface area contributed by atoms with E-state index in [4.69, 9.17) is 0 Å². The first kappa shape index (κ1) is 10.2. The Bertz CT molecular complexity index is 663. The lowest BCUT2D eigenvalue weighted by molar-refractivity contribution is 0.695. The molecule has 1 aliphatic heterocycles. The Morgan fingerprint density at radius 2 is 2.35 bits per heavy atom. The van der Waals surface area contributed by atoms with Gasteiger partial charge in [-0.05, 0) is 23.8 Å². The first-order valence-corrected chi connectivity index (χ1v) is 6.15. The molecule has 0 aliphatic carbocycles. The van der Waals surface area contributed by atoms with Crippen molar-refractivity contribution in [2.75, 3.05) is 6.54 Å². The average Bonchev–Trinajstić information content (AvgIpc) is 2.86. The van der Waals surface area contributed by atoms with Gasteiger partial charge in [-0.25, -0.2) is 4.98 Å². The van der Waals surface area contributed by atoms with E-state index in [9.17, 15) is 5.26 Å². The predicted molar refractivity (Wildman–Crippen MR) is 69.4 cm³/mol. The Hall–Kier alpha value is -1.99. The molecule has 1 aromatic heterocycles. The van der Waals surface area contributed by atoms with E-state index in [2.05, 4.69) is 16.0 Å². The molecule has 82 valence electrons. The fraction of sp³-hybridized carbons (Fsp3) is 0.154. The Balaban J connectivity index is 2.16. The molecule has 0 fully saturated rings. The number of hydrogen-bond donors (Lipinski definition) is 0. The van der Waals surface area contributed by atoms with Crippen LogP contribution in [0, 0.1) is 11.3 Å². The second kappa shape index (κ2) is 3.79. The number of hydrogen-bond acceptors (Lipinski definition) is 4. The molecular weight excluding hydrogens is 230 g/mol. The number of aromatic nitrogens is 1. The number of allylic oxidation sites excluding steroid dienone is 1. The van der Waals surface area contributed by atoms with E-state index in [-0.39, 0.29) is 0 Å². The van der Waals surface area contributed by atoms with Crippen LogP contribution in [0.3, 0.4) is 0 Å². The van der Waals surface area contributed by atoms with Crippen LogP contribution in [0.1, 0.15) is 5.56 Å². The van der Waals surface area contributed by atoms with Crippen LogP contribution < -0.4 is 0 Å². The van der Waals surface area contributed by atoms with Gasteiger partial charge in [-0.3, -0.25) is 4.99 Å². The highest BCUT2D eigenvalue weighted by Gasteiger charge is 2.30. The predicted octanol–water partition coefficient (Wildman–Crippen LogP) is 2.70. The molecule has 0 saturated heterocycles. The molecule has 3 nitrogen and oxygen atoms in total. The van der Waals surface area contributed by atoms with Crippen molar-refractivity contribution in [3.63, 3.8) is 0 Å². The molecule has 1 aliphatic rings. The van der Waals surface area contributed by atoms with Gasteiger partial charge >= 0.3 is 0 Å². The van der Waals surface area contributed by atoms with Crippen molar-refractivity contribution >= 4 is 27.8 Å². The van der Waals surface area contributed by atoms with Crippen molar-refractivity contribution in [1.29, 1.82) is 5.26 Å². The van der Waals surface area contributed by atoms with Gasteiger partial charge in [0.15, 0.2) is 0 Å². The van der Waals surface area contributed by atoms with Crippen molar-refractivity contribution in [1.82, 2.24) is 4.98 Å². The van der Waals surface area contributed by atoms with Gasteiger partial charge in [0.2, 0.25) is 0 Å². The molecule has 0 amide bonds. The van der Waals surface area contributed by atoms with E-state index in [0.717, 1.165) is 15.8 Å². The van der Waals surface area contributed by atoms with Gasteiger partial charge in [0, 0.05) is 6.21 Å². The molecule has 1 aromatic carbocycles. The molecule has 0 bridgehead atoms. The zero-order valence-electron chi connectivity index (χ0n) is 9.00. The average molecular weight is 239 g/mol. The van der Waals surface area contributed by atoms with Gasteiger partial charge in [0.05, 0.1) is 28.3 Å². The van der Waals surface area contributed by atoms with Gasteiger partial charge in [0.1, 0.15) is 5.41 Å². The number of benzene rings is 1. The maximum absolute atomic E-state index is 9.43. The molecule has 0 radical (unpaired) electrons. The van der Waals surface area contributed by atoms with Crippen LogP contribution in [0.5, 0.6) is 0 Å². The van der Waals surface area contributed by atoms with Crippen molar-refractivity contribution < 1.29 is 0 Å². The Morgan fingerprint density at radius 3 is 3.12 bits per heavy atom. The minimum absolute atomic E-state index is 0.490. The monoisotopic (exact) mass is 239 g/mol. The number of aliphatic imine (C=N–C) groups is 1. The summed E-state index contributed by atoms with van der Waals surface area (Å²) in [4.78, 5) is 8.44. The SMILES string of the molecule is N#CC1(c2ccc3ncsc3c2)C=CC=NC1. The van der Waals surface area contributed by atoms with Gasteiger partial charge in [-0.15, -0.1) is 11.3 Å². The van der Waals surface area contributed by atoms with Crippen LogP contribution in [-0.2, 0) is 5.41 Å². The van der Waals surface area contributed by atoms with E-state index in [1.54, 1.807) is 17.6 Å². The molecule has 2 heterocycles. The Labute approximate surface area is 103 Å². The van der Waals surface area contributed by atoms with Crippen LogP contribution in [0.15, 0.2) is 40.9 Å². The fourth-order valence-electron chi connectivity index (χ4n) is 1.97. The minimum Gasteiger partial charge on any atom is -0.291 e. The summed E-state index contributed by atoms with van der Waals surface area (Å²) in [6, 6.07) is 8.35. The van der Waals surface area contributed by atoms with Gasteiger partial charge in [0.25, 0.3) is 0 Å². The van der Waals surface area contributed by atoms with Crippen molar-refractivity contribution in [3.8, 4) is 6.07 Å². The van der Waals surface area contributed by atoms with Gasteiger partial charge < -0.3 is 0 Å². The summed E-state index contributed by atoms with van der Waals surface area (Å²) in [7, 11) is 0. The van der Waals surface area contributed by atoms with E-state index < -0.39 is 5.41 Å². The largest absolute Gasteiger partial charge is 0.291 e. The van der Waals surface area contributed by atoms with Gasteiger partial charge in [-0.1, -0.05) is 12.1 Å². The topological polar surface area (TPSA) is 49.0 Å². The summed E-state index contributed by atoms with van der Waals surface area (Å²) in [6.07, 6.45) is 5.49. The molecular formula is C13H9N3S. The lowest BCUT2D eigenvalue weighted by Crippen LogP contribution is -2.27. The number of nitrogens with zero attached hydrogens (tertiary/aromatic N) is 3.